The Hall–Kier alpha value is -2.21. The van der Waals surface area contributed by atoms with Gasteiger partial charge in [0.1, 0.15) is 0 Å². The van der Waals surface area contributed by atoms with Crippen LogP contribution in [-0.4, -0.2) is 54.8 Å². The first-order valence-corrected chi connectivity index (χ1v) is 11.3. The van der Waals surface area contributed by atoms with E-state index in [2.05, 4.69) is 49.6 Å². The molecule has 1 aromatic carbocycles. The molecule has 2 atom stereocenters. The minimum atomic E-state index is -0.832. The first-order valence-electron chi connectivity index (χ1n) is 11.3. The van der Waals surface area contributed by atoms with Gasteiger partial charge in [-0.1, -0.05) is 63.9 Å². The van der Waals surface area contributed by atoms with E-state index < -0.39 is 11.8 Å². The molecule has 1 saturated heterocycles. The van der Waals surface area contributed by atoms with Crippen LogP contribution >= 0.6 is 0 Å². The molecule has 1 fully saturated rings. The highest BCUT2D eigenvalue weighted by Crippen LogP contribution is 2.24. The van der Waals surface area contributed by atoms with E-state index in [0.29, 0.717) is 29.6 Å². The van der Waals surface area contributed by atoms with Crippen LogP contribution in [0, 0.1) is 5.41 Å². The molecule has 0 aliphatic carbocycles. The van der Waals surface area contributed by atoms with Crippen LogP contribution in [0.3, 0.4) is 0 Å². The van der Waals surface area contributed by atoms with Gasteiger partial charge >= 0.3 is 5.97 Å². The number of esters is 1. The van der Waals surface area contributed by atoms with Gasteiger partial charge in [0.05, 0.1) is 13.7 Å². The molecule has 174 valence electrons. The van der Waals surface area contributed by atoms with E-state index in [1.807, 2.05) is 0 Å². The van der Waals surface area contributed by atoms with Gasteiger partial charge in [0.2, 0.25) is 5.91 Å². The van der Waals surface area contributed by atoms with Crippen molar-refractivity contribution < 1.29 is 19.1 Å². The van der Waals surface area contributed by atoms with Gasteiger partial charge < -0.3 is 10.1 Å². The number of rotatable bonds is 8. The molecule has 0 radical (unpaired) electrons. The number of ether oxygens (including phenoxy) is 1. The number of carbonyl (C=O) groups is 3. The smallest absolute Gasteiger partial charge is 0.379 e. The van der Waals surface area contributed by atoms with Gasteiger partial charge in [-0.25, -0.2) is 4.79 Å². The third-order valence-electron chi connectivity index (χ3n) is 6.19. The van der Waals surface area contributed by atoms with Gasteiger partial charge in [-0.2, -0.15) is 0 Å². The van der Waals surface area contributed by atoms with Crippen LogP contribution < -0.4 is 5.32 Å². The Bertz CT molecular complexity index is 693. The molecule has 31 heavy (non-hydrogen) atoms. The van der Waals surface area contributed by atoms with Gasteiger partial charge in [-0.15, -0.1) is 0 Å². The van der Waals surface area contributed by atoms with Crippen molar-refractivity contribution in [2.24, 2.45) is 5.41 Å². The summed E-state index contributed by atoms with van der Waals surface area (Å²) in [6.07, 6.45) is 5.95. The number of hydrogen-bond acceptors (Lipinski definition) is 5. The fraction of sp³-hybridized carbons (Fsp3) is 0.640. The second kappa shape index (κ2) is 13.3. The lowest BCUT2D eigenvalue weighted by atomic mass is 9.86. The van der Waals surface area contributed by atoms with E-state index in [-0.39, 0.29) is 5.91 Å². The summed E-state index contributed by atoms with van der Waals surface area (Å²) in [4.78, 5) is 36.2. The van der Waals surface area contributed by atoms with E-state index in [1.54, 1.807) is 30.3 Å². The lowest BCUT2D eigenvalue weighted by Gasteiger charge is -2.38. The summed E-state index contributed by atoms with van der Waals surface area (Å²) in [7, 11) is 1.18. The fourth-order valence-corrected chi connectivity index (χ4v) is 3.53. The van der Waals surface area contributed by atoms with E-state index in [4.69, 9.17) is 0 Å². The molecule has 0 spiro atoms. The van der Waals surface area contributed by atoms with Crippen molar-refractivity contribution in [3.8, 4) is 0 Å². The Balaban J connectivity index is 0.000000343. The number of hydrogen-bond donors (Lipinski definition) is 1. The topological polar surface area (TPSA) is 75.7 Å². The third-order valence-corrected chi connectivity index (χ3v) is 6.19. The van der Waals surface area contributed by atoms with Gasteiger partial charge in [0, 0.05) is 24.2 Å². The Morgan fingerprint density at radius 2 is 1.68 bits per heavy atom. The Morgan fingerprint density at radius 1 is 1.10 bits per heavy atom. The molecule has 1 amide bonds. The number of amides is 1. The molecular formula is C25H40N2O4. The van der Waals surface area contributed by atoms with Crippen molar-refractivity contribution in [3.05, 3.63) is 35.9 Å². The van der Waals surface area contributed by atoms with Crippen LogP contribution in [0.4, 0.5) is 0 Å². The highest BCUT2D eigenvalue weighted by atomic mass is 16.5. The lowest BCUT2D eigenvalue weighted by molar-refractivity contribution is -0.135. The second-order valence-corrected chi connectivity index (χ2v) is 9.11. The molecule has 1 aliphatic heterocycles. The number of Topliss-reactive ketones (excluding diaryl/α,β-unsaturated/α-hetero) is 1. The predicted molar refractivity (Wildman–Crippen MR) is 124 cm³/mol. The minimum Gasteiger partial charge on any atom is -0.463 e. The number of ketones is 1. The van der Waals surface area contributed by atoms with E-state index >= 15 is 0 Å². The van der Waals surface area contributed by atoms with Crippen molar-refractivity contribution in [2.75, 3.05) is 20.2 Å². The summed E-state index contributed by atoms with van der Waals surface area (Å²) < 4.78 is 4.28. The molecule has 2 unspecified atom stereocenters. The number of nitrogens with one attached hydrogen (secondary N) is 1. The second-order valence-electron chi connectivity index (χ2n) is 9.11. The highest BCUT2D eigenvalue weighted by Gasteiger charge is 2.26. The molecule has 1 aromatic rings. The maximum Gasteiger partial charge on any atom is 0.379 e. The summed E-state index contributed by atoms with van der Waals surface area (Å²) >= 11 is 0. The summed E-state index contributed by atoms with van der Waals surface area (Å²) in [5, 5.41) is 3.08. The molecule has 1 aliphatic rings. The van der Waals surface area contributed by atoms with E-state index in [1.165, 1.54) is 26.4 Å². The fourth-order valence-electron chi connectivity index (χ4n) is 3.53. The van der Waals surface area contributed by atoms with Crippen molar-refractivity contribution in [2.45, 2.75) is 78.8 Å². The molecule has 2 rings (SSSR count). The molecular weight excluding hydrogens is 392 g/mol. The number of nitrogens with zero attached hydrogens (tertiary/aromatic N) is 1. The Labute approximate surface area is 187 Å². The van der Waals surface area contributed by atoms with Crippen molar-refractivity contribution in [1.29, 1.82) is 0 Å². The summed E-state index contributed by atoms with van der Waals surface area (Å²) in [6, 6.07) is 9.38. The molecule has 6 heteroatoms. The minimum absolute atomic E-state index is 0.188. The monoisotopic (exact) mass is 432 g/mol. The highest BCUT2D eigenvalue weighted by molar-refractivity contribution is 6.40. The molecule has 1 heterocycles. The first-order chi connectivity index (χ1) is 14.6. The summed E-state index contributed by atoms with van der Waals surface area (Å²) in [6.45, 7) is 12.6. The SMILES string of the molecule is CCC(C)(C)CCNC(=O)CN1C(C)CCCC1C.COC(=O)C(=O)c1ccccc1. The van der Waals surface area contributed by atoms with Crippen molar-refractivity contribution in [1.82, 2.24) is 10.2 Å². The largest absolute Gasteiger partial charge is 0.463 e. The maximum atomic E-state index is 12.0. The van der Waals surface area contributed by atoms with Gasteiger partial charge in [0.15, 0.2) is 0 Å². The van der Waals surface area contributed by atoms with Gasteiger partial charge in [-0.3, -0.25) is 14.5 Å². The quantitative estimate of drug-likeness (QED) is 0.378. The zero-order chi connectivity index (χ0) is 23.4. The number of carbonyl (C=O) groups excluding carboxylic acids is 3. The van der Waals surface area contributed by atoms with Crippen LogP contribution in [0.25, 0.3) is 0 Å². The lowest BCUT2D eigenvalue weighted by Crippen LogP contribution is -2.48. The number of benzene rings is 1. The summed E-state index contributed by atoms with van der Waals surface area (Å²) in [5.74, 6) is -1.26. The number of piperidine rings is 1. The average molecular weight is 433 g/mol. The van der Waals surface area contributed by atoms with Crippen molar-refractivity contribution >= 4 is 17.7 Å². The normalized spacial score (nSPS) is 19.0. The van der Waals surface area contributed by atoms with Gasteiger partial charge in [-0.05, 0) is 38.5 Å². The van der Waals surface area contributed by atoms with E-state index in [0.717, 1.165) is 19.4 Å². The molecule has 0 aromatic heterocycles. The van der Waals surface area contributed by atoms with E-state index in [9.17, 15) is 14.4 Å². The van der Waals surface area contributed by atoms with Gasteiger partial charge in [0.25, 0.3) is 5.78 Å². The zero-order valence-electron chi connectivity index (χ0n) is 20.1. The molecule has 1 N–H and O–H groups in total. The van der Waals surface area contributed by atoms with Crippen molar-refractivity contribution in [3.63, 3.8) is 0 Å². The number of methoxy groups -OCH3 is 1. The average Bonchev–Trinajstić information content (AvgIpc) is 2.76. The maximum absolute atomic E-state index is 12.0. The summed E-state index contributed by atoms with van der Waals surface area (Å²) in [5.41, 5.74) is 0.684. The first kappa shape index (κ1) is 26.8. The predicted octanol–water partition coefficient (Wildman–Crippen LogP) is 4.23. The Kier molecular flexibility index (Phi) is 11.5. The van der Waals surface area contributed by atoms with Crippen LogP contribution in [-0.2, 0) is 14.3 Å². The van der Waals surface area contributed by atoms with Crippen LogP contribution in [0.15, 0.2) is 30.3 Å². The number of likely N-dealkylation sites (tertiary alicyclic amines) is 1. The molecule has 0 bridgehead atoms. The zero-order valence-corrected chi connectivity index (χ0v) is 20.1. The van der Waals surface area contributed by atoms with Crippen LogP contribution in [0.2, 0.25) is 0 Å². The van der Waals surface area contributed by atoms with Crippen LogP contribution in [0.1, 0.15) is 77.1 Å². The molecule has 0 saturated carbocycles. The van der Waals surface area contributed by atoms with Crippen LogP contribution in [0.5, 0.6) is 0 Å². The standard InChI is InChI=1S/C16H32N2O.C9H8O3/c1-6-16(4,5)10-11-17-15(19)12-18-13(2)8-7-9-14(18)3;1-12-9(11)8(10)7-5-3-2-4-6-7/h13-14H,6-12H2,1-5H3,(H,17,19);2-6H,1H3. The molecule has 6 nitrogen and oxygen atoms in total. The third kappa shape index (κ3) is 9.64. The Morgan fingerprint density at radius 3 is 2.19 bits per heavy atom.